The zero-order valence-corrected chi connectivity index (χ0v) is 19.2. The molecule has 0 aromatic heterocycles. The molecule has 0 unspecified atom stereocenters. The summed E-state index contributed by atoms with van der Waals surface area (Å²) in [5.41, 5.74) is 10.0. The molecule has 11 nitrogen and oxygen atoms in total. The number of amides is 2. The minimum Gasteiger partial charge on any atom is -0.365 e. The number of nitro groups is 1. The topological polar surface area (TPSA) is 164 Å². The number of halogens is 1. The van der Waals surface area contributed by atoms with Gasteiger partial charge in [-0.25, -0.2) is 15.1 Å². The van der Waals surface area contributed by atoms with Crippen LogP contribution in [0.4, 0.5) is 5.69 Å². The molecular formula is C20H32ClN7O4. The van der Waals surface area contributed by atoms with Crippen molar-refractivity contribution in [3.63, 3.8) is 0 Å². The fourth-order valence-electron chi connectivity index (χ4n) is 3.42. The van der Waals surface area contributed by atoms with E-state index in [0.29, 0.717) is 38.8 Å². The molecule has 0 aliphatic carbocycles. The molecule has 178 valence electrons. The number of carbonyl (C=O) groups is 2. The average Bonchev–Trinajstić information content (AvgIpc) is 3.14. The molecule has 6 N–H and O–H groups in total. The van der Waals surface area contributed by atoms with Crippen LogP contribution in [0.1, 0.15) is 43.2 Å². The third-order valence-corrected chi connectivity index (χ3v) is 5.00. The van der Waals surface area contributed by atoms with E-state index >= 15 is 0 Å². The number of hydrogen-bond donors (Lipinski definition) is 5. The molecule has 12 heteroatoms. The smallest absolute Gasteiger partial charge is 0.251 e. The maximum Gasteiger partial charge on any atom is 0.251 e. The molecule has 1 heterocycles. The summed E-state index contributed by atoms with van der Waals surface area (Å²) in [5, 5.41) is 18.5. The SMILES string of the molecule is Cc1ccc(NC(=O)[C@@H]2C[C@H](NC(=O)CCCCCN=C(N)N[N+](=O)[O-])CN2)c(C)c1.Cl. The normalized spacial score (nSPS) is 17.9. The summed E-state index contributed by atoms with van der Waals surface area (Å²) in [5.74, 6) is -0.386. The number of nitrogens with one attached hydrogen (secondary N) is 4. The number of aryl methyl sites for hydroxylation is 2. The first-order valence-corrected chi connectivity index (χ1v) is 10.4. The largest absolute Gasteiger partial charge is 0.365 e. The van der Waals surface area contributed by atoms with Gasteiger partial charge < -0.3 is 21.7 Å². The summed E-state index contributed by atoms with van der Waals surface area (Å²) in [6, 6.07) is 5.45. The number of hydrazine groups is 1. The van der Waals surface area contributed by atoms with Gasteiger partial charge in [-0.2, -0.15) is 0 Å². The Morgan fingerprint density at radius 3 is 2.72 bits per heavy atom. The number of aliphatic imine (C=N–C) groups is 1. The maximum absolute atomic E-state index is 12.5. The quantitative estimate of drug-likeness (QED) is 0.113. The van der Waals surface area contributed by atoms with Gasteiger partial charge in [0.05, 0.1) is 6.04 Å². The van der Waals surface area contributed by atoms with Crippen LogP contribution in [-0.4, -0.2) is 48.0 Å². The van der Waals surface area contributed by atoms with Gasteiger partial charge in [0, 0.05) is 31.2 Å². The molecule has 2 atom stereocenters. The third kappa shape index (κ3) is 9.48. The lowest BCUT2D eigenvalue weighted by Gasteiger charge is -2.14. The summed E-state index contributed by atoms with van der Waals surface area (Å²) >= 11 is 0. The molecule has 1 aromatic rings. The van der Waals surface area contributed by atoms with Crippen molar-refractivity contribution in [1.29, 1.82) is 0 Å². The van der Waals surface area contributed by atoms with Gasteiger partial charge in [-0.3, -0.25) is 9.59 Å². The lowest BCUT2D eigenvalue weighted by Crippen LogP contribution is -2.36. The highest BCUT2D eigenvalue weighted by Gasteiger charge is 2.30. The van der Waals surface area contributed by atoms with E-state index in [-0.39, 0.29) is 42.3 Å². The van der Waals surface area contributed by atoms with Crippen molar-refractivity contribution in [2.24, 2.45) is 10.7 Å². The van der Waals surface area contributed by atoms with Gasteiger partial charge in [0.2, 0.25) is 11.8 Å². The van der Waals surface area contributed by atoms with Crippen LogP contribution in [0.5, 0.6) is 0 Å². The van der Waals surface area contributed by atoms with Gasteiger partial charge >= 0.3 is 0 Å². The fraction of sp³-hybridized carbons (Fsp3) is 0.550. The van der Waals surface area contributed by atoms with Gasteiger partial charge in [-0.15, -0.1) is 12.4 Å². The van der Waals surface area contributed by atoms with Gasteiger partial charge in [0.1, 0.15) is 0 Å². The molecular weight excluding hydrogens is 438 g/mol. The highest BCUT2D eigenvalue weighted by atomic mass is 35.5. The van der Waals surface area contributed by atoms with Crippen LogP contribution in [0.2, 0.25) is 0 Å². The van der Waals surface area contributed by atoms with Gasteiger partial charge in [0.25, 0.3) is 5.96 Å². The molecule has 2 rings (SSSR count). The second-order valence-corrected chi connectivity index (χ2v) is 7.72. The number of rotatable bonds is 10. The van der Waals surface area contributed by atoms with Crippen molar-refractivity contribution < 1.29 is 14.6 Å². The molecule has 1 aliphatic rings. The number of hydrogen-bond acceptors (Lipinski definition) is 6. The molecule has 2 amide bonds. The summed E-state index contributed by atoms with van der Waals surface area (Å²) in [6.07, 6.45) is 3.04. The standard InChI is InChI=1S/C20H31N7O4.ClH/c1-13-7-8-16(14(2)10-13)25-19(29)17-11-15(12-23-17)24-18(28)6-4-3-5-9-22-20(21)26-27(30)31;/h7-8,10,15,17,23H,3-6,9,11-12H2,1-2H3,(H,24,28)(H,25,29)(H3,21,22,26);1H/t15-,17-;/m0./s1. The van der Waals surface area contributed by atoms with Crippen LogP contribution >= 0.6 is 12.4 Å². The van der Waals surface area contributed by atoms with Crippen LogP contribution < -0.4 is 27.1 Å². The third-order valence-electron chi connectivity index (χ3n) is 5.00. The van der Waals surface area contributed by atoms with E-state index in [0.717, 1.165) is 23.2 Å². The van der Waals surface area contributed by atoms with Crippen LogP contribution in [0, 0.1) is 24.0 Å². The van der Waals surface area contributed by atoms with E-state index in [1.165, 1.54) is 0 Å². The number of unbranched alkanes of at least 4 members (excludes halogenated alkanes) is 2. The van der Waals surface area contributed by atoms with Crippen LogP contribution in [-0.2, 0) is 9.59 Å². The van der Waals surface area contributed by atoms with Crippen molar-refractivity contribution in [3.8, 4) is 0 Å². The first kappa shape index (κ1) is 27.1. The van der Waals surface area contributed by atoms with E-state index in [2.05, 4.69) is 20.9 Å². The predicted octanol–water partition coefficient (Wildman–Crippen LogP) is 1.17. The van der Waals surface area contributed by atoms with Crippen LogP contribution in [0.25, 0.3) is 0 Å². The second kappa shape index (κ2) is 13.5. The molecule has 1 aromatic carbocycles. The predicted molar refractivity (Wildman–Crippen MR) is 125 cm³/mol. The minimum atomic E-state index is -0.765. The number of guanidine groups is 1. The highest BCUT2D eigenvalue weighted by molar-refractivity contribution is 5.95. The summed E-state index contributed by atoms with van der Waals surface area (Å²) in [7, 11) is 0. The van der Waals surface area contributed by atoms with Crippen molar-refractivity contribution in [2.45, 2.75) is 58.0 Å². The molecule has 0 spiro atoms. The molecule has 0 bridgehead atoms. The second-order valence-electron chi connectivity index (χ2n) is 7.72. The zero-order valence-electron chi connectivity index (χ0n) is 18.3. The Morgan fingerprint density at radius 2 is 2.03 bits per heavy atom. The minimum absolute atomic E-state index is 0. The van der Waals surface area contributed by atoms with E-state index in [1.54, 1.807) is 5.43 Å². The van der Waals surface area contributed by atoms with E-state index in [9.17, 15) is 19.7 Å². The Labute approximate surface area is 193 Å². The summed E-state index contributed by atoms with van der Waals surface area (Å²) < 4.78 is 0. The van der Waals surface area contributed by atoms with Crippen LogP contribution in [0.15, 0.2) is 23.2 Å². The van der Waals surface area contributed by atoms with Gasteiger partial charge in [-0.05, 0) is 44.7 Å². The summed E-state index contributed by atoms with van der Waals surface area (Å²) in [6.45, 7) is 4.87. The van der Waals surface area contributed by atoms with E-state index in [1.807, 2.05) is 32.0 Å². The number of nitrogens with zero attached hydrogens (tertiary/aromatic N) is 2. The van der Waals surface area contributed by atoms with Gasteiger partial charge in [-0.1, -0.05) is 29.5 Å². The molecule has 0 radical (unpaired) electrons. The Morgan fingerprint density at radius 1 is 1.28 bits per heavy atom. The number of carbonyl (C=O) groups excluding carboxylic acids is 2. The van der Waals surface area contributed by atoms with Gasteiger partial charge in [0.15, 0.2) is 5.03 Å². The zero-order chi connectivity index (χ0) is 22.8. The van der Waals surface area contributed by atoms with E-state index in [4.69, 9.17) is 5.73 Å². The molecule has 1 aliphatic heterocycles. The molecule has 1 saturated heterocycles. The lowest BCUT2D eigenvalue weighted by molar-refractivity contribution is -0.525. The Balaban J connectivity index is 0.00000512. The van der Waals surface area contributed by atoms with E-state index < -0.39 is 5.03 Å². The van der Waals surface area contributed by atoms with Crippen molar-refractivity contribution in [3.05, 3.63) is 39.4 Å². The van der Waals surface area contributed by atoms with Crippen molar-refractivity contribution in [2.75, 3.05) is 18.4 Å². The van der Waals surface area contributed by atoms with Crippen molar-refractivity contribution >= 4 is 35.9 Å². The van der Waals surface area contributed by atoms with Crippen LogP contribution in [0.3, 0.4) is 0 Å². The number of anilines is 1. The monoisotopic (exact) mass is 469 g/mol. The molecule has 32 heavy (non-hydrogen) atoms. The van der Waals surface area contributed by atoms with Crippen molar-refractivity contribution in [1.82, 2.24) is 16.1 Å². The lowest BCUT2D eigenvalue weighted by atomic mass is 10.1. The fourth-order valence-corrected chi connectivity index (χ4v) is 3.42. The number of nitrogens with two attached hydrogens (primary N) is 1. The first-order valence-electron chi connectivity index (χ1n) is 10.4. The maximum atomic E-state index is 12.5. The molecule has 1 fully saturated rings. The average molecular weight is 470 g/mol. The first-order chi connectivity index (χ1) is 14.7. The Bertz CT molecular complexity index is 834. The summed E-state index contributed by atoms with van der Waals surface area (Å²) in [4.78, 5) is 38.7. The highest BCUT2D eigenvalue weighted by Crippen LogP contribution is 2.17. The Hall–Kier alpha value is -2.92. The molecule has 0 saturated carbocycles. The Kier molecular flexibility index (Phi) is 11.4. The number of benzene rings is 1.